The normalized spacial score (nSPS) is 23.1. The molecule has 1 rings (SSSR count). The summed E-state index contributed by atoms with van der Waals surface area (Å²) in [6.07, 6.45) is 2.20. The average Bonchev–Trinajstić information content (AvgIpc) is 2.15. The van der Waals surface area contributed by atoms with Gasteiger partial charge in [-0.05, 0) is 25.3 Å². The zero-order valence-corrected chi connectivity index (χ0v) is 9.83. The Morgan fingerprint density at radius 1 is 1.60 bits per heavy atom. The van der Waals surface area contributed by atoms with E-state index in [9.17, 15) is 4.79 Å². The second-order valence-electron chi connectivity index (χ2n) is 4.84. The zero-order chi connectivity index (χ0) is 11.3. The van der Waals surface area contributed by atoms with Crippen molar-refractivity contribution >= 4 is 5.91 Å². The largest absolute Gasteiger partial charge is 0.355 e. The summed E-state index contributed by atoms with van der Waals surface area (Å²) in [5, 5.41) is 2.92. The monoisotopic (exact) mass is 213 g/mol. The van der Waals surface area contributed by atoms with E-state index in [1.54, 1.807) is 0 Å². The molecule has 0 spiro atoms. The van der Waals surface area contributed by atoms with E-state index in [1.165, 1.54) is 0 Å². The summed E-state index contributed by atoms with van der Waals surface area (Å²) in [4.78, 5) is 13.7. The Hall–Kier alpha value is -0.610. The predicted molar refractivity (Wildman–Crippen MR) is 61.5 cm³/mol. The van der Waals surface area contributed by atoms with Gasteiger partial charge in [0.1, 0.15) is 0 Å². The maximum atomic E-state index is 11.5. The van der Waals surface area contributed by atoms with Crippen LogP contribution in [-0.4, -0.2) is 43.0 Å². The molecule has 1 fully saturated rings. The third-order valence-electron chi connectivity index (χ3n) is 2.62. The fourth-order valence-electron chi connectivity index (χ4n) is 1.81. The molecule has 0 unspecified atom stereocenters. The third-order valence-corrected chi connectivity index (χ3v) is 2.62. The number of amides is 1. The minimum absolute atomic E-state index is 0.123. The molecule has 0 saturated carbocycles. The van der Waals surface area contributed by atoms with Crippen molar-refractivity contribution in [2.45, 2.75) is 32.7 Å². The summed E-state index contributed by atoms with van der Waals surface area (Å²) in [5.74, 6) is 0.635. The first kappa shape index (κ1) is 12.5. The lowest BCUT2D eigenvalue weighted by atomic mass is 10.1. The van der Waals surface area contributed by atoms with Crippen LogP contribution in [-0.2, 0) is 4.79 Å². The van der Waals surface area contributed by atoms with Crippen molar-refractivity contribution in [3.63, 3.8) is 0 Å². The number of carbonyl (C=O) groups is 1. The number of nitrogens with zero attached hydrogens (tertiary/aromatic N) is 1. The van der Waals surface area contributed by atoms with Gasteiger partial charge in [-0.15, -0.1) is 0 Å². The van der Waals surface area contributed by atoms with Crippen molar-refractivity contribution in [3.05, 3.63) is 0 Å². The van der Waals surface area contributed by atoms with E-state index in [4.69, 9.17) is 5.73 Å². The van der Waals surface area contributed by atoms with Gasteiger partial charge in [0, 0.05) is 19.1 Å². The number of rotatable bonds is 4. The van der Waals surface area contributed by atoms with Crippen LogP contribution in [0.1, 0.15) is 26.7 Å². The van der Waals surface area contributed by atoms with Gasteiger partial charge in [0.2, 0.25) is 5.91 Å². The first-order valence-electron chi connectivity index (χ1n) is 5.82. The van der Waals surface area contributed by atoms with Crippen LogP contribution in [0.4, 0.5) is 0 Å². The van der Waals surface area contributed by atoms with Crippen LogP contribution in [0.15, 0.2) is 0 Å². The summed E-state index contributed by atoms with van der Waals surface area (Å²) < 4.78 is 0. The Kier molecular flexibility index (Phi) is 5.05. The summed E-state index contributed by atoms with van der Waals surface area (Å²) in [6.45, 7) is 7.31. The number of likely N-dealkylation sites (tertiary alicyclic amines) is 1. The fraction of sp³-hybridized carbons (Fsp3) is 0.909. The van der Waals surface area contributed by atoms with E-state index >= 15 is 0 Å². The van der Waals surface area contributed by atoms with Gasteiger partial charge in [0.15, 0.2) is 0 Å². The van der Waals surface area contributed by atoms with Crippen LogP contribution in [0.2, 0.25) is 0 Å². The molecule has 0 aromatic heterocycles. The molecule has 1 aliphatic rings. The molecule has 4 heteroatoms. The van der Waals surface area contributed by atoms with E-state index in [1.807, 2.05) is 0 Å². The van der Waals surface area contributed by atoms with Crippen LogP contribution in [0.25, 0.3) is 0 Å². The van der Waals surface area contributed by atoms with E-state index in [0.29, 0.717) is 12.5 Å². The first-order valence-corrected chi connectivity index (χ1v) is 5.82. The van der Waals surface area contributed by atoms with Crippen molar-refractivity contribution in [2.24, 2.45) is 11.7 Å². The number of nitrogens with two attached hydrogens (primary N) is 1. The van der Waals surface area contributed by atoms with E-state index in [0.717, 1.165) is 32.5 Å². The first-order chi connectivity index (χ1) is 7.08. The molecule has 0 aliphatic carbocycles. The van der Waals surface area contributed by atoms with Gasteiger partial charge in [-0.3, -0.25) is 9.69 Å². The molecule has 1 heterocycles. The van der Waals surface area contributed by atoms with Crippen molar-refractivity contribution < 1.29 is 4.79 Å². The minimum Gasteiger partial charge on any atom is -0.355 e. The summed E-state index contributed by atoms with van der Waals surface area (Å²) in [6, 6.07) is 0.247. The Labute approximate surface area is 92.2 Å². The number of hydrogen-bond acceptors (Lipinski definition) is 3. The highest BCUT2D eigenvalue weighted by Crippen LogP contribution is 2.07. The van der Waals surface area contributed by atoms with Crippen LogP contribution < -0.4 is 11.1 Å². The molecular weight excluding hydrogens is 190 g/mol. The smallest absolute Gasteiger partial charge is 0.234 e. The summed E-state index contributed by atoms with van der Waals surface area (Å²) >= 11 is 0. The zero-order valence-electron chi connectivity index (χ0n) is 9.83. The Balaban J connectivity index is 2.19. The molecule has 0 bridgehead atoms. The molecule has 15 heavy (non-hydrogen) atoms. The van der Waals surface area contributed by atoms with E-state index in [-0.39, 0.29) is 11.9 Å². The predicted octanol–water partition coefficient (Wildman–Crippen LogP) is 0.182. The maximum Gasteiger partial charge on any atom is 0.234 e. The lowest BCUT2D eigenvalue weighted by molar-refractivity contribution is -0.122. The van der Waals surface area contributed by atoms with Crippen LogP contribution in [0.3, 0.4) is 0 Å². The molecule has 1 saturated heterocycles. The third kappa shape index (κ3) is 5.14. The number of carbonyl (C=O) groups excluding carboxylic acids is 1. The Morgan fingerprint density at radius 3 is 2.93 bits per heavy atom. The lowest BCUT2D eigenvalue weighted by Gasteiger charge is -2.30. The molecule has 4 nitrogen and oxygen atoms in total. The van der Waals surface area contributed by atoms with Crippen LogP contribution >= 0.6 is 0 Å². The second-order valence-corrected chi connectivity index (χ2v) is 4.84. The molecule has 0 aromatic rings. The van der Waals surface area contributed by atoms with Gasteiger partial charge in [0.05, 0.1) is 6.54 Å². The van der Waals surface area contributed by atoms with Gasteiger partial charge in [0.25, 0.3) is 0 Å². The SMILES string of the molecule is CC(C)CNC(=O)CN1CCC[C@@H](N)C1. The van der Waals surface area contributed by atoms with Gasteiger partial charge in [-0.2, -0.15) is 0 Å². The highest BCUT2D eigenvalue weighted by Gasteiger charge is 2.18. The van der Waals surface area contributed by atoms with Gasteiger partial charge in [-0.25, -0.2) is 0 Å². The number of nitrogens with one attached hydrogen (secondary N) is 1. The van der Waals surface area contributed by atoms with Gasteiger partial charge >= 0.3 is 0 Å². The molecule has 88 valence electrons. The van der Waals surface area contributed by atoms with E-state index in [2.05, 4.69) is 24.1 Å². The molecule has 1 atom stereocenters. The Bertz CT molecular complexity index is 206. The molecular formula is C11H23N3O. The second kappa shape index (κ2) is 6.08. The molecule has 1 amide bonds. The molecule has 0 aromatic carbocycles. The quantitative estimate of drug-likeness (QED) is 0.700. The van der Waals surface area contributed by atoms with Gasteiger partial charge < -0.3 is 11.1 Å². The Morgan fingerprint density at radius 2 is 2.33 bits per heavy atom. The summed E-state index contributed by atoms with van der Waals surface area (Å²) in [7, 11) is 0. The van der Waals surface area contributed by atoms with Gasteiger partial charge in [-0.1, -0.05) is 13.8 Å². The minimum atomic E-state index is 0.123. The summed E-state index contributed by atoms with van der Waals surface area (Å²) in [5.41, 5.74) is 5.85. The molecule has 0 radical (unpaired) electrons. The highest BCUT2D eigenvalue weighted by molar-refractivity contribution is 5.78. The maximum absolute atomic E-state index is 11.5. The highest BCUT2D eigenvalue weighted by atomic mass is 16.2. The molecule has 3 N–H and O–H groups in total. The van der Waals surface area contributed by atoms with E-state index < -0.39 is 0 Å². The lowest BCUT2D eigenvalue weighted by Crippen LogP contribution is -2.47. The number of hydrogen-bond donors (Lipinski definition) is 2. The van der Waals surface area contributed by atoms with Crippen LogP contribution in [0, 0.1) is 5.92 Å². The fourth-order valence-corrected chi connectivity index (χ4v) is 1.81. The van der Waals surface area contributed by atoms with Crippen LogP contribution in [0.5, 0.6) is 0 Å². The van der Waals surface area contributed by atoms with Crippen molar-refractivity contribution in [1.82, 2.24) is 10.2 Å². The topological polar surface area (TPSA) is 58.4 Å². The standard InChI is InChI=1S/C11H23N3O/c1-9(2)6-13-11(15)8-14-5-3-4-10(12)7-14/h9-10H,3-8,12H2,1-2H3,(H,13,15)/t10-/m1/s1. The number of piperidine rings is 1. The average molecular weight is 213 g/mol. The molecule has 1 aliphatic heterocycles. The van der Waals surface area contributed by atoms with Crippen molar-refractivity contribution in [3.8, 4) is 0 Å². The van der Waals surface area contributed by atoms with Crippen molar-refractivity contribution in [2.75, 3.05) is 26.2 Å². The van der Waals surface area contributed by atoms with Crippen molar-refractivity contribution in [1.29, 1.82) is 0 Å².